The topological polar surface area (TPSA) is 41.9 Å². The molecule has 0 spiro atoms. The molecular weight excluding hydrogens is 420 g/mol. The molecule has 25 heavy (non-hydrogen) atoms. The molecule has 7 heteroatoms. The van der Waals surface area contributed by atoms with Crippen LogP contribution in [0.2, 0.25) is 0 Å². The van der Waals surface area contributed by atoms with E-state index in [-0.39, 0.29) is 5.91 Å². The van der Waals surface area contributed by atoms with Crippen molar-refractivity contribution in [2.24, 2.45) is 5.10 Å². The minimum atomic E-state index is -0.228. The fourth-order valence-corrected chi connectivity index (χ4v) is 3.88. The van der Waals surface area contributed by atoms with Crippen LogP contribution in [0, 0.1) is 0 Å². The molecule has 1 saturated heterocycles. The molecule has 1 aliphatic rings. The van der Waals surface area contributed by atoms with Gasteiger partial charge in [0.1, 0.15) is 5.75 Å². The van der Waals surface area contributed by atoms with Crippen molar-refractivity contribution < 1.29 is 9.53 Å². The summed E-state index contributed by atoms with van der Waals surface area (Å²) in [6.45, 7) is 0. The predicted octanol–water partition coefficient (Wildman–Crippen LogP) is 4.69. The minimum absolute atomic E-state index is 0.228. The summed E-state index contributed by atoms with van der Waals surface area (Å²) < 4.78 is 6.44. The molecule has 0 aliphatic carbocycles. The van der Waals surface area contributed by atoms with Gasteiger partial charge >= 0.3 is 0 Å². The molecule has 0 atom stereocenters. The average Bonchev–Trinajstić information content (AvgIpc) is 2.87. The number of thioether (sulfide) groups is 1. The maximum Gasteiger partial charge on any atom is 0.286 e. The molecule has 126 valence electrons. The summed E-state index contributed by atoms with van der Waals surface area (Å²) in [5.41, 5.74) is 1.78. The van der Waals surface area contributed by atoms with Gasteiger partial charge in [-0.05, 0) is 57.5 Å². The summed E-state index contributed by atoms with van der Waals surface area (Å²) >= 11 is 9.95. The van der Waals surface area contributed by atoms with Gasteiger partial charge in [-0.15, -0.1) is 0 Å². The number of halogens is 1. The molecule has 1 heterocycles. The number of rotatable bonds is 4. The number of carbonyl (C=O) groups excluding carboxylic acids is 1. The molecule has 4 nitrogen and oxygen atoms in total. The zero-order chi connectivity index (χ0) is 17.8. The Labute approximate surface area is 163 Å². The molecule has 0 bridgehead atoms. The summed E-state index contributed by atoms with van der Waals surface area (Å²) in [6.07, 6.45) is 3.42. The largest absolute Gasteiger partial charge is 0.496 e. The highest BCUT2D eigenvalue weighted by molar-refractivity contribution is 9.10. The molecule has 2 aromatic rings. The van der Waals surface area contributed by atoms with Gasteiger partial charge < -0.3 is 4.74 Å². The number of amides is 1. The Bertz CT molecular complexity index is 882. The minimum Gasteiger partial charge on any atom is -0.496 e. The van der Waals surface area contributed by atoms with Crippen LogP contribution in [-0.4, -0.2) is 28.6 Å². The lowest BCUT2D eigenvalue weighted by Crippen LogP contribution is -2.22. The molecule has 3 rings (SSSR count). The Morgan fingerprint density at radius 2 is 1.96 bits per heavy atom. The zero-order valence-corrected chi connectivity index (χ0v) is 16.4. The van der Waals surface area contributed by atoms with E-state index in [2.05, 4.69) is 21.0 Å². The number of benzene rings is 2. The van der Waals surface area contributed by atoms with E-state index < -0.39 is 0 Å². The standard InChI is InChI=1S/C18H13BrN2O2S2/c1-23-15-8-7-13(9-14(15)19)10-16-17(22)21(18(24)25-16)20-11-12-5-3-2-4-6-12/h2-11H,1H3. The van der Waals surface area contributed by atoms with Crippen molar-refractivity contribution in [3.63, 3.8) is 0 Å². The van der Waals surface area contributed by atoms with E-state index >= 15 is 0 Å². The number of thiocarbonyl (C=S) groups is 1. The van der Waals surface area contributed by atoms with Gasteiger partial charge in [-0.1, -0.05) is 48.2 Å². The third-order valence-corrected chi connectivity index (χ3v) is 5.27. The van der Waals surface area contributed by atoms with Crippen molar-refractivity contribution >= 4 is 62.4 Å². The van der Waals surface area contributed by atoms with Crippen molar-refractivity contribution in [1.82, 2.24) is 5.01 Å². The number of ether oxygens (including phenoxy) is 1. The van der Waals surface area contributed by atoms with Crippen LogP contribution >= 0.6 is 39.9 Å². The fourth-order valence-electron chi connectivity index (χ4n) is 2.15. The lowest BCUT2D eigenvalue weighted by atomic mass is 10.2. The lowest BCUT2D eigenvalue weighted by Gasteiger charge is -2.06. The van der Waals surface area contributed by atoms with E-state index in [1.54, 1.807) is 19.4 Å². The highest BCUT2D eigenvalue weighted by Crippen LogP contribution is 2.34. The van der Waals surface area contributed by atoms with Crippen LogP contribution in [0.4, 0.5) is 0 Å². The third-order valence-electron chi connectivity index (χ3n) is 3.37. The van der Waals surface area contributed by atoms with Crippen LogP contribution < -0.4 is 4.74 Å². The van der Waals surface area contributed by atoms with E-state index in [1.807, 2.05) is 48.5 Å². The first-order chi connectivity index (χ1) is 12.1. The Morgan fingerprint density at radius 1 is 1.20 bits per heavy atom. The summed E-state index contributed by atoms with van der Waals surface area (Å²) in [7, 11) is 1.61. The molecule has 2 aromatic carbocycles. The van der Waals surface area contributed by atoms with Crippen LogP contribution in [0.5, 0.6) is 5.75 Å². The highest BCUT2D eigenvalue weighted by Gasteiger charge is 2.32. The van der Waals surface area contributed by atoms with Crippen LogP contribution in [0.15, 0.2) is 63.0 Å². The van der Waals surface area contributed by atoms with Gasteiger partial charge in [0.15, 0.2) is 4.32 Å². The molecule has 0 unspecified atom stereocenters. The Balaban J connectivity index is 1.81. The van der Waals surface area contributed by atoms with Gasteiger partial charge in [-0.2, -0.15) is 10.1 Å². The lowest BCUT2D eigenvalue weighted by molar-refractivity contribution is -0.122. The molecule has 1 aliphatic heterocycles. The van der Waals surface area contributed by atoms with Crippen molar-refractivity contribution in [3.8, 4) is 5.75 Å². The number of hydrazone groups is 1. The van der Waals surface area contributed by atoms with E-state index in [4.69, 9.17) is 17.0 Å². The first-order valence-corrected chi connectivity index (χ1v) is 9.31. The normalized spacial score (nSPS) is 16.2. The maximum atomic E-state index is 12.5. The van der Waals surface area contributed by atoms with Gasteiger partial charge in [0, 0.05) is 0 Å². The zero-order valence-electron chi connectivity index (χ0n) is 13.2. The van der Waals surface area contributed by atoms with Gasteiger partial charge in [0.2, 0.25) is 0 Å². The Hall–Kier alpha value is -1.96. The van der Waals surface area contributed by atoms with Crippen LogP contribution in [0.3, 0.4) is 0 Å². The monoisotopic (exact) mass is 432 g/mol. The number of nitrogens with zero attached hydrogens (tertiary/aromatic N) is 2. The molecule has 0 N–H and O–H groups in total. The number of methoxy groups -OCH3 is 1. The summed E-state index contributed by atoms with van der Waals surface area (Å²) in [5, 5.41) is 5.47. The van der Waals surface area contributed by atoms with Crippen LogP contribution in [0.1, 0.15) is 11.1 Å². The maximum absolute atomic E-state index is 12.5. The van der Waals surface area contributed by atoms with E-state index in [0.717, 1.165) is 21.3 Å². The fraction of sp³-hybridized carbons (Fsp3) is 0.0556. The van der Waals surface area contributed by atoms with Gasteiger partial charge in [0.05, 0.1) is 22.7 Å². The van der Waals surface area contributed by atoms with Crippen LogP contribution in [0.25, 0.3) is 6.08 Å². The van der Waals surface area contributed by atoms with Gasteiger partial charge in [0.25, 0.3) is 5.91 Å². The van der Waals surface area contributed by atoms with Crippen molar-refractivity contribution in [2.75, 3.05) is 7.11 Å². The number of carbonyl (C=O) groups is 1. The van der Waals surface area contributed by atoms with Gasteiger partial charge in [-0.3, -0.25) is 4.79 Å². The highest BCUT2D eigenvalue weighted by atomic mass is 79.9. The molecular formula is C18H13BrN2O2S2. The molecule has 1 amide bonds. The summed E-state index contributed by atoms with van der Waals surface area (Å²) in [6, 6.07) is 15.2. The first kappa shape index (κ1) is 17.8. The second-order valence-electron chi connectivity index (χ2n) is 5.04. The summed E-state index contributed by atoms with van der Waals surface area (Å²) in [5.74, 6) is 0.506. The first-order valence-electron chi connectivity index (χ1n) is 7.29. The smallest absolute Gasteiger partial charge is 0.286 e. The summed E-state index contributed by atoms with van der Waals surface area (Å²) in [4.78, 5) is 13.1. The van der Waals surface area contributed by atoms with Crippen LogP contribution in [-0.2, 0) is 4.79 Å². The van der Waals surface area contributed by atoms with E-state index in [1.165, 1.54) is 16.8 Å². The number of hydrogen-bond donors (Lipinski definition) is 0. The molecule has 1 fully saturated rings. The van der Waals surface area contributed by atoms with Crippen molar-refractivity contribution in [3.05, 3.63) is 69.0 Å². The van der Waals surface area contributed by atoms with E-state index in [9.17, 15) is 4.79 Å². The number of hydrogen-bond acceptors (Lipinski definition) is 5. The van der Waals surface area contributed by atoms with Crippen molar-refractivity contribution in [2.45, 2.75) is 0 Å². The van der Waals surface area contributed by atoms with Crippen molar-refractivity contribution in [1.29, 1.82) is 0 Å². The third kappa shape index (κ3) is 4.18. The second-order valence-corrected chi connectivity index (χ2v) is 7.57. The SMILES string of the molecule is COc1ccc(C=C2SC(=S)N(N=Cc3ccccc3)C2=O)cc1Br. The molecule has 0 aromatic heterocycles. The quantitative estimate of drug-likeness (QED) is 0.399. The Kier molecular flexibility index (Phi) is 5.67. The van der Waals surface area contributed by atoms with E-state index in [0.29, 0.717) is 9.23 Å². The molecule has 0 saturated carbocycles. The molecule has 0 radical (unpaired) electrons. The predicted molar refractivity (Wildman–Crippen MR) is 110 cm³/mol. The second kappa shape index (κ2) is 7.95. The average molecular weight is 433 g/mol. The Morgan fingerprint density at radius 3 is 2.64 bits per heavy atom. The van der Waals surface area contributed by atoms with Gasteiger partial charge in [-0.25, -0.2) is 0 Å².